The molecule has 0 aromatic heterocycles. The molecule has 14 heteroatoms. The molecule has 0 radical (unpaired) electrons. The Balaban J connectivity index is 1.70. The average molecular weight is 914 g/mol. The van der Waals surface area contributed by atoms with E-state index in [1.54, 1.807) is 41.1 Å². The highest BCUT2D eigenvalue weighted by atomic mass is 16.6. The van der Waals surface area contributed by atoms with Crippen LogP contribution in [0.4, 0.5) is 0 Å². The molecular formula is C51H79NO13. The molecule has 3 N–H and O–H groups in total. The molecule has 2 unspecified atom stereocenters. The largest absolute Gasteiger partial charge is 0.460 e. The quantitative estimate of drug-likeness (QED) is 0.156. The molecule has 1 aliphatic carbocycles. The minimum absolute atomic E-state index is 0.0193. The van der Waals surface area contributed by atoms with E-state index in [0.717, 1.165) is 12.0 Å². The lowest BCUT2D eigenvalue weighted by molar-refractivity contribution is -0.265. The maximum Gasteiger partial charge on any atom is 0.329 e. The van der Waals surface area contributed by atoms with E-state index in [4.69, 9.17) is 23.7 Å². The van der Waals surface area contributed by atoms with Gasteiger partial charge in [0.2, 0.25) is 5.79 Å². The van der Waals surface area contributed by atoms with Crippen LogP contribution in [0.1, 0.15) is 126 Å². The van der Waals surface area contributed by atoms with Crippen molar-refractivity contribution < 1.29 is 63.0 Å². The number of fused-ring (bicyclic) bond motifs is 3. The molecule has 2 saturated heterocycles. The molecule has 0 spiro atoms. The van der Waals surface area contributed by atoms with Crippen molar-refractivity contribution in [1.82, 2.24) is 4.90 Å². The highest BCUT2D eigenvalue weighted by Gasteiger charge is 2.53. The first-order valence-electron chi connectivity index (χ1n) is 23.9. The van der Waals surface area contributed by atoms with Crippen LogP contribution in [0.2, 0.25) is 0 Å². The number of hydrogen-bond donors (Lipinski definition) is 3. The molecule has 3 aliphatic heterocycles. The first-order valence-corrected chi connectivity index (χ1v) is 23.9. The number of nitrogens with zero attached hydrogens (tertiary/aromatic N) is 1. The number of cyclic esters (lactones) is 1. The van der Waals surface area contributed by atoms with Gasteiger partial charge in [0.15, 0.2) is 5.78 Å². The molecule has 4 aliphatic rings. The van der Waals surface area contributed by atoms with Crippen molar-refractivity contribution in [3.05, 3.63) is 47.6 Å². The van der Waals surface area contributed by atoms with Crippen molar-refractivity contribution in [2.45, 2.75) is 180 Å². The van der Waals surface area contributed by atoms with E-state index in [9.17, 15) is 39.3 Å². The topological polar surface area (TPSA) is 195 Å². The zero-order valence-corrected chi connectivity index (χ0v) is 40.6. The van der Waals surface area contributed by atoms with Gasteiger partial charge in [-0.1, -0.05) is 71.1 Å². The third-order valence-corrected chi connectivity index (χ3v) is 14.5. The number of piperidine rings is 1. The maximum atomic E-state index is 14.4. The molecule has 2 bridgehead atoms. The monoisotopic (exact) mass is 914 g/mol. The van der Waals surface area contributed by atoms with Crippen molar-refractivity contribution in [3.8, 4) is 0 Å². The van der Waals surface area contributed by atoms with E-state index in [1.165, 1.54) is 12.0 Å². The fraction of sp³-hybridized carbons (Fsp3) is 0.745. The van der Waals surface area contributed by atoms with Gasteiger partial charge in [0.05, 0.1) is 24.4 Å². The van der Waals surface area contributed by atoms with Gasteiger partial charge >= 0.3 is 5.97 Å². The Morgan fingerprint density at radius 1 is 0.846 bits per heavy atom. The van der Waals surface area contributed by atoms with Crippen LogP contribution in [0.15, 0.2) is 47.6 Å². The fourth-order valence-corrected chi connectivity index (χ4v) is 10.1. The average Bonchev–Trinajstić information content (AvgIpc) is 3.28. The van der Waals surface area contributed by atoms with E-state index in [-0.39, 0.29) is 54.8 Å². The molecule has 65 heavy (non-hydrogen) atoms. The van der Waals surface area contributed by atoms with Crippen LogP contribution in [0.5, 0.6) is 0 Å². The number of carbonyl (C=O) groups excluding carboxylic acids is 5. The Morgan fingerprint density at radius 3 is 2.25 bits per heavy atom. The van der Waals surface area contributed by atoms with Gasteiger partial charge in [-0.05, 0) is 107 Å². The number of aliphatic hydroxyl groups is 3. The van der Waals surface area contributed by atoms with Crippen LogP contribution in [0.25, 0.3) is 0 Å². The first kappa shape index (κ1) is 54.2. The number of amides is 1. The predicted molar refractivity (Wildman–Crippen MR) is 245 cm³/mol. The van der Waals surface area contributed by atoms with Crippen molar-refractivity contribution in [2.75, 3.05) is 27.9 Å². The summed E-state index contributed by atoms with van der Waals surface area (Å²) >= 11 is 0. The zero-order chi connectivity index (χ0) is 48.2. The number of Topliss-reactive ketones (excluding diaryl/α,β-unsaturated/α-hetero) is 3. The Bertz CT molecular complexity index is 1760. The van der Waals surface area contributed by atoms with Crippen molar-refractivity contribution >= 4 is 29.2 Å². The lowest BCUT2D eigenvalue weighted by Crippen LogP contribution is -2.61. The van der Waals surface area contributed by atoms with Gasteiger partial charge in [-0.15, -0.1) is 0 Å². The second-order valence-electron chi connectivity index (χ2n) is 19.6. The number of allylic oxidation sites excluding steroid dienone is 6. The smallest absolute Gasteiger partial charge is 0.329 e. The predicted octanol–water partition coefficient (Wildman–Crippen LogP) is 6.18. The number of hydrogen-bond acceptors (Lipinski definition) is 13. The van der Waals surface area contributed by atoms with Crippen LogP contribution < -0.4 is 0 Å². The molecule has 366 valence electrons. The normalized spacial score (nSPS) is 39.1. The summed E-state index contributed by atoms with van der Waals surface area (Å²) in [7, 11) is 4.52. The van der Waals surface area contributed by atoms with Crippen molar-refractivity contribution in [3.63, 3.8) is 0 Å². The van der Waals surface area contributed by atoms with Crippen molar-refractivity contribution in [2.24, 2.45) is 35.5 Å². The van der Waals surface area contributed by atoms with Crippen LogP contribution in [-0.4, -0.2) is 132 Å². The summed E-state index contributed by atoms with van der Waals surface area (Å²) < 4.78 is 29.4. The molecule has 14 nitrogen and oxygen atoms in total. The summed E-state index contributed by atoms with van der Waals surface area (Å²) in [4.78, 5) is 71.8. The molecule has 4 rings (SSSR count). The number of ketones is 3. The highest BCUT2D eigenvalue weighted by Crippen LogP contribution is 2.38. The second kappa shape index (κ2) is 25.1. The first-order chi connectivity index (χ1) is 30.7. The van der Waals surface area contributed by atoms with Crippen LogP contribution in [-0.2, 0) is 47.7 Å². The molecule has 0 aromatic carbocycles. The third kappa shape index (κ3) is 14.3. The lowest BCUT2D eigenvalue weighted by atomic mass is 9.78. The number of methoxy groups -OCH3 is 3. The van der Waals surface area contributed by atoms with E-state index in [1.807, 2.05) is 58.1 Å². The van der Waals surface area contributed by atoms with Crippen LogP contribution in [0.3, 0.4) is 0 Å². The molecule has 15 atom stereocenters. The molecule has 1 amide bonds. The lowest BCUT2D eigenvalue weighted by Gasteiger charge is -2.42. The Labute approximate surface area is 387 Å². The number of esters is 1. The Morgan fingerprint density at radius 2 is 1.57 bits per heavy atom. The minimum Gasteiger partial charge on any atom is -0.460 e. The van der Waals surface area contributed by atoms with Gasteiger partial charge in [0.1, 0.15) is 30.1 Å². The Hall–Kier alpha value is -3.37. The number of aliphatic hydroxyl groups excluding tert-OH is 2. The summed E-state index contributed by atoms with van der Waals surface area (Å²) in [6.45, 7) is 12.7. The molecule has 3 heterocycles. The molecule has 1 saturated carbocycles. The summed E-state index contributed by atoms with van der Waals surface area (Å²) in [5, 5.41) is 33.8. The van der Waals surface area contributed by atoms with Crippen LogP contribution >= 0.6 is 0 Å². The highest BCUT2D eigenvalue weighted by molar-refractivity contribution is 6.39. The SMILES string of the molecule is CO[C@H]1C[C@@H]2CCC(C)C(O)(O2)C(=O)C(=O)N2CCCC[C@H]2C(=O)O[C@H]([C@H](C)C[C@@H]2CC[C@@H](O)[C@H](OC)C2)CC(=O)[C@H](C)/C=C(\C)[C@@H](O)[C@@H](OC)C(=O)[C@H](C)C[C@H](C)/C=C/C=CC=C1C. The zero-order valence-electron chi connectivity index (χ0n) is 40.6. The summed E-state index contributed by atoms with van der Waals surface area (Å²) in [6, 6.07) is -1.14. The van der Waals surface area contributed by atoms with E-state index in [2.05, 4.69) is 0 Å². The number of rotatable bonds is 6. The van der Waals surface area contributed by atoms with Gasteiger partial charge in [-0.3, -0.25) is 19.2 Å². The number of ether oxygens (including phenoxy) is 5. The van der Waals surface area contributed by atoms with Gasteiger partial charge in [0.25, 0.3) is 11.7 Å². The second-order valence-corrected chi connectivity index (χ2v) is 19.6. The van der Waals surface area contributed by atoms with Gasteiger partial charge in [-0.25, -0.2) is 4.79 Å². The summed E-state index contributed by atoms with van der Waals surface area (Å²) in [5.74, 6) is -7.96. The minimum atomic E-state index is -2.43. The number of carbonyl (C=O) groups is 5. The van der Waals surface area contributed by atoms with E-state index < -0.39 is 83.9 Å². The standard InChI is InChI=1S/C51H79NO13/c1-30-16-12-11-13-17-31(2)42(61-8)28-38-21-19-36(7)51(60,65-38)48(57)49(58)52-23-15-14-18-39(52)50(59)64-43(33(4)26-37-20-22-40(53)44(27-37)62-9)29-41(54)32(3)25-35(6)46(56)47(63-10)45(55)34(5)24-30/h11-13,16-17,25,30,32-34,36-40,42-44,46-47,53,56,60H,14-15,18-24,26-29H2,1-10H3/b13-11?,16-12+,31-17?,35-25+/t30-,32-,33-,34-,36?,37+,38+,39+,40-,42+,43+,44-,46-,47+,51?/m1/s1. The molecular weight excluding hydrogens is 835 g/mol. The summed E-state index contributed by atoms with van der Waals surface area (Å²) in [5.41, 5.74) is 1.27. The molecule has 0 aromatic rings. The van der Waals surface area contributed by atoms with Gasteiger partial charge in [-0.2, -0.15) is 0 Å². The van der Waals surface area contributed by atoms with Crippen LogP contribution in [0, 0.1) is 35.5 Å². The third-order valence-electron chi connectivity index (χ3n) is 14.5. The van der Waals surface area contributed by atoms with Gasteiger partial charge < -0.3 is 43.9 Å². The Kier molecular flexibility index (Phi) is 21.0. The van der Waals surface area contributed by atoms with Gasteiger partial charge in [0, 0.05) is 58.5 Å². The van der Waals surface area contributed by atoms with Crippen molar-refractivity contribution in [1.29, 1.82) is 0 Å². The molecule has 3 fully saturated rings. The maximum absolute atomic E-state index is 14.4. The van der Waals surface area contributed by atoms with E-state index >= 15 is 0 Å². The van der Waals surface area contributed by atoms with E-state index in [0.29, 0.717) is 63.4 Å². The fourth-order valence-electron chi connectivity index (χ4n) is 10.1. The summed E-state index contributed by atoms with van der Waals surface area (Å²) in [6.07, 6.45) is 11.2.